The normalized spacial score (nSPS) is 24.5. The second-order valence-electron chi connectivity index (χ2n) is 4.93. The van der Waals surface area contributed by atoms with Crippen LogP contribution in [0.25, 0.3) is 0 Å². The summed E-state index contributed by atoms with van der Waals surface area (Å²) in [5.41, 5.74) is 0.631. The van der Waals surface area contributed by atoms with Gasteiger partial charge in [0.05, 0.1) is 4.90 Å². The largest absolute Gasteiger partial charge is 0.480 e. The minimum absolute atomic E-state index is 0.170. The van der Waals surface area contributed by atoms with Gasteiger partial charge in [-0.1, -0.05) is 25.1 Å². The van der Waals surface area contributed by atoms with Crippen LogP contribution >= 0.6 is 0 Å². The third-order valence-corrected chi connectivity index (χ3v) is 5.63. The Morgan fingerprint density at radius 1 is 1.37 bits per heavy atom. The van der Waals surface area contributed by atoms with E-state index in [1.54, 1.807) is 32.0 Å². The molecule has 0 radical (unpaired) electrons. The lowest BCUT2D eigenvalue weighted by Gasteiger charge is -2.23. The number of sulfonamides is 1. The number of rotatable bonds is 3. The van der Waals surface area contributed by atoms with Crippen molar-refractivity contribution in [3.63, 3.8) is 0 Å². The predicted molar refractivity (Wildman–Crippen MR) is 70.3 cm³/mol. The van der Waals surface area contributed by atoms with Gasteiger partial charge in [0.25, 0.3) is 0 Å². The van der Waals surface area contributed by atoms with Crippen LogP contribution in [-0.4, -0.2) is 36.4 Å². The monoisotopic (exact) mass is 283 g/mol. The van der Waals surface area contributed by atoms with Crippen molar-refractivity contribution in [1.82, 2.24) is 4.31 Å². The van der Waals surface area contributed by atoms with Gasteiger partial charge in [0.2, 0.25) is 10.0 Å². The molecule has 2 unspecified atom stereocenters. The average Bonchev–Trinajstić information content (AvgIpc) is 2.72. The quantitative estimate of drug-likeness (QED) is 0.911. The Balaban J connectivity index is 2.46. The van der Waals surface area contributed by atoms with E-state index in [1.807, 2.05) is 0 Å². The summed E-state index contributed by atoms with van der Waals surface area (Å²) in [6.07, 6.45) is 0.572. The first-order valence-corrected chi connectivity index (χ1v) is 7.60. The zero-order valence-corrected chi connectivity index (χ0v) is 11.7. The summed E-state index contributed by atoms with van der Waals surface area (Å²) < 4.78 is 26.3. The van der Waals surface area contributed by atoms with Crippen molar-refractivity contribution in [2.75, 3.05) is 6.54 Å². The van der Waals surface area contributed by atoms with Crippen LogP contribution in [-0.2, 0) is 14.8 Å². The first kappa shape index (κ1) is 14.0. The van der Waals surface area contributed by atoms with Crippen LogP contribution in [0.1, 0.15) is 18.9 Å². The molecule has 1 saturated heterocycles. The van der Waals surface area contributed by atoms with Crippen molar-refractivity contribution in [2.45, 2.75) is 31.2 Å². The molecule has 0 aromatic heterocycles. The number of carbonyl (C=O) groups is 1. The number of hydrogen-bond acceptors (Lipinski definition) is 3. The molecule has 0 saturated carbocycles. The van der Waals surface area contributed by atoms with Gasteiger partial charge in [-0.15, -0.1) is 0 Å². The highest BCUT2D eigenvalue weighted by molar-refractivity contribution is 7.89. The molecule has 19 heavy (non-hydrogen) atoms. The Bertz CT molecular complexity index is 596. The molecule has 2 rings (SSSR count). The van der Waals surface area contributed by atoms with E-state index in [-0.39, 0.29) is 17.4 Å². The minimum atomic E-state index is -3.74. The lowest BCUT2D eigenvalue weighted by Crippen LogP contribution is -2.42. The molecule has 1 N–H and O–H groups in total. The summed E-state index contributed by atoms with van der Waals surface area (Å²) >= 11 is 0. The van der Waals surface area contributed by atoms with E-state index in [0.29, 0.717) is 12.0 Å². The molecular formula is C13H17NO4S. The van der Waals surface area contributed by atoms with Crippen molar-refractivity contribution >= 4 is 16.0 Å². The first-order chi connectivity index (χ1) is 8.85. The molecule has 1 aliphatic rings. The van der Waals surface area contributed by atoms with Crippen LogP contribution in [0.15, 0.2) is 29.2 Å². The van der Waals surface area contributed by atoms with Crippen LogP contribution < -0.4 is 0 Å². The summed E-state index contributed by atoms with van der Waals surface area (Å²) in [6.45, 7) is 3.74. The predicted octanol–water partition coefficient (Wildman–Crippen LogP) is 1.48. The summed E-state index contributed by atoms with van der Waals surface area (Å²) in [7, 11) is -3.74. The first-order valence-electron chi connectivity index (χ1n) is 6.16. The van der Waals surface area contributed by atoms with Crippen LogP contribution in [0.3, 0.4) is 0 Å². The van der Waals surface area contributed by atoms with Crippen LogP contribution in [0.2, 0.25) is 0 Å². The number of hydrogen-bond donors (Lipinski definition) is 1. The Labute approximate surface area is 112 Å². The van der Waals surface area contributed by atoms with Crippen molar-refractivity contribution < 1.29 is 18.3 Å². The number of carboxylic acids is 1. The Kier molecular flexibility index (Phi) is 3.64. The second kappa shape index (κ2) is 4.94. The van der Waals surface area contributed by atoms with Gasteiger partial charge in [-0.05, 0) is 30.9 Å². The minimum Gasteiger partial charge on any atom is -0.480 e. The molecule has 0 bridgehead atoms. The zero-order valence-electron chi connectivity index (χ0n) is 10.9. The van der Waals surface area contributed by atoms with E-state index in [0.717, 1.165) is 4.31 Å². The lowest BCUT2D eigenvalue weighted by molar-refractivity contribution is -0.141. The molecule has 104 valence electrons. The highest BCUT2D eigenvalue weighted by Crippen LogP contribution is 2.31. The molecule has 0 spiro atoms. The van der Waals surface area contributed by atoms with E-state index in [9.17, 15) is 18.3 Å². The SMILES string of the molecule is Cc1ccccc1S(=O)(=O)N1CCC(C)C1C(=O)O. The molecule has 0 amide bonds. The highest BCUT2D eigenvalue weighted by Gasteiger charge is 2.44. The summed E-state index contributed by atoms with van der Waals surface area (Å²) in [5, 5.41) is 9.23. The number of nitrogens with zero attached hydrogens (tertiary/aromatic N) is 1. The highest BCUT2D eigenvalue weighted by atomic mass is 32.2. The van der Waals surface area contributed by atoms with Gasteiger partial charge in [0.1, 0.15) is 6.04 Å². The summed E-state index contributed by atoms with van der Waals surface area (Å²) in [6, 6.07) is 5.67. The molecule has 1 aliphatic heterocycles. The molecule has 1 aromatic carbocycles. The van der Waals surface area contributed by atoms with E-state index in [2.05, 4.69) is 0 Å². The molecular weight excluding hydrogens is 266 g/mol. The Morgan fingerprint density at radius 3 is 2.58 bits per heavy atom. The Hall–Kier alpha value is -1.40. The van der Waals surface area contributed by atoms with Gasteiger partial charge in [-0.3, -0.25) is 4.79 Å². The summed E-state index contributed by atoms with van der Waals surface area (Å²) in [5.74, 6) is -1.25. The van der Waals surface area contributed by atoms with Crippen molar-refractivity contribution in [3.8, 4) is 0 Å². The third-order valence-electron chi connectivity index (χ3n) is 3.59. The third kappa shape index (κ3) is 2.37. The number of benzene rings is 1. The molecule has 2 atom stereocenters. The van der Waals surface area contributed by atoms with Crippen LogP contribution in [0.4, 0.5) is 0 Å². The van der Waals surface area contributed by atoms with E-state index < -0.39 is 22.0 Å². The van der Waals surface area contributed by atoms with E-state index in [1.165, 1.54) is 6.07 Å². The fraction of sp³-hybridized carbons (Fsp3) is 0.462. The topological polar surface area (TPSA) is 74.7 Å². The Morgan fingerprint density at radius 2 is 2.00 bits per heavy atom. The standard InChI is InChI=1S/C13H17NO4S/c1-9-5-3-4-6-11(9)19(17,18)14-8-7-10(2)12(14)13(15)16/h3-6,10,12H,7-8H2,1-2H3,(H,15,16). The average molecular weight is 283 g/mol. The van der Waals surface area contributed by atoms with Crippen LogP contribution in [0.5, 0.6) is 0 Å². The maximum Gasteiger partial charge on any atom is 0.322 e. The molecule has 1 heterocycles. The molecule has 0 aliphatic carbocycles. The number of carboxylic acid groups (broad SMARTS) is 1. The van der Waals surface area contributed by atoms with Gasteiger partial charge >= 0.3 is 5.97 Å². The number of aliphatic carboxylic acids is 1. The molecule has 1 fully saturated rings. The van der Waals surface area contributed by atoms with Gasteiger partial charge in [-0.25, -0.2) is 8.42 Å². The molecule has 1 aromatic rings. The van der Waals surface area contributed by atoms with Crippen molar-refractivity contribution in [3.05, 3.63) is 29.8 Å². The zero-order chi connectivity index (χ0) is 14.2. The van der Waals surface area contributed by atoms with Crippen molar-refractivity contribution in [2.24, 2.45) is 5.92 Å². The van der Waals surface area contributed by atoms with Crippen molar-refractivity contribution in [1.29, 1.82) is 0 Å². The number of aryl methyl sites for hydroxylation is 1. The maximum absolute atomic E-state index is 12.6. The smallest absolute Gasteiger partial charge is 0.322 e. The van der Waals surface area contributed by atoms with Crippen LogP contribution in [0, 0.1) is 12.8 Å². The molecule has 6 heteroatoms. The fourth-order valence-corrected chi connectivity index (χ4v) is 4.44. The van der Waals surface area contributed by atoms with Gasteiger partial charge in [0, 0.05) is 6.54 Å². The lowest BCUT2D eigenvalue weighted by atomic mass is 10.0. The summed E-state index contributed by atoms with van der Waals surface area (Å²) in [4.78, 5) is 11.5. The van der Waals surface area contributed by atoms with E-state index >= 15 is 0 Å². The van der Waals surface area contributed by atoms with E-state index in [4.69, 9.17) is 0 Å². The fourth-order valence-electron chi connectivity index (χ4n) is 2.52. The van der Waals surface area contributed by atoms with Gasteiger partial charge < -0.3 is 5.11 Å². The molecule has 5 nitrogen and oxygen atoms in total. The maximum atomic E-state index is 12.6. The van der Waals surface area contributed by atoms with Gasteiger partial charge in [-0.2, -0.15) is 4.31 Å². The second-order valence-corrected chi connectivity index (χ2v) is 6.79. The van der Waals surface area contributed by atoms with Gasteiger partial charge in [0.15, 0.2) is 0 Å².